The van der Waals surface area contributed by atoms with Crippen molar-refractivity contribution in [3.8, 4) is 11.3 Å². The number of H-pyrrole nitrogens is 1. The highest BCUT2D eigenvalue weighted by Crippen LogP contribution is 2.36. The van der Waals surface area contributed by atoms with Crippen LogP contribution >= 0.6 is 15.9 Å². The van der Waals surface area contributed by atoms with Gasteiger partial charge in [0.25, 0.3) is 0 Å². The Morgan fingerprint density at radius 3 is 2.38 bits per heavy atom. The maximum absolute atomic E-state index is 13.0. The first-order valence-corrected chi connectivity index (χ1v) is 8.46. The van der Waals surface area contributed by atoms with Crippen LogP contribution in [0.1, 0.15) is 36.5 Å². The van der Waals surface area contributed by atoms with E-state index in [1.54, 1.807) is 0 Å². The normalized spacial score (nSPS) is 12.3. The lowest BCUT2D eigenvalue weighted by atomic mass is 9.98. The van der Waals surface area contributed by atoms with E-state index in [0.29, 0.717) is 16.8 Å². The minimum absolute atomic E-state index is 0.364. The summed E-state index contributed by atoms with van der Waals surface area (Å²) in [4.78, 5) is 3.26. The molecule has 0 amide bonds. The minimum Gasteiger partial charge on any atom is -0.354 e. The van der Waals surface area contributed by atoms with Crippen molar-refractivity contribution < 1.29 is 13.2 Å². The van der Waals surface area contributed by atoms with Gasteiger partial charge in [-0.1, -0.05) is 29.8 Å². The van der Waals surface area contributed by atoms with Crippen LogP contribution in [-0.2, 0) is 6.18 Å². The minimum atomic E-state index is -4.33. The summed E-state index contributed by atoms with van der Waals surface area (Å²) in [6, 6.07) is 9.95. The molecular weight excluding hydrogens is 379 g/mol. The number of aromatic nitrogens is 1. The Hall–Kier alpha value is -1.75. The van der Waals surface area contributed by atoms with Gasteiger partial charge in [-0.05, 0) is 65.9 Å². The summed E-state index contributed by atoms with van der Waals surface area (Å²) < 4.78 is 39.8. The molecular formula is C19H17BrF3N. The van der Waals surface area contributed by atoms with E-state index in [4.69, 9.17) is 0 Å². The van der Waals surface area contributed by atoms with E-state index in [0.717, 1.165) is 27.4 Å². The molecule has 0 aliphatic heterocycles. The van der Waals surface area contributed by atoms with Gasteiger partial charge >= 0.3 is 6.18 Å². The Labute approximate surface area is 147 Å². The second kappa shape index (κ2) is 5.96. The average molecular weight is 396 g/mol. The second-order valence-corrected chi connectivity index (χ2v) is 7.23. The van der Waals surface area contributed by atoms with E-state index in [1.807, 2.05) is 13.0 Å². The molecule has 0 fully saturated rings. The first kappa shape index (κ1) is 17.1. The molecule has 2 aromatic carbocycles. The van der Waals surface area contributed by atoms with Crippen molar-refractivity contribution in [3.05, 3.63) is 57.6 Å². The van der Waals surface area contributed by atoms with Gasteiger partial charge in [0.2, 0.25) is 0 Å². The number of benzene rings is 2. The molecule has 0 aliphatic carbocycles. The van der Waals surface area contributed by atoms with Crippen molar-refractivity contribution >= 4 is 26.8 Å². The zero-order valence-corrected chi connectivity index (χ0v) is 15.1. The van der Waals surface area contributed by atoms with Crippen LogP contribution in [0, 0.1) is 6.92 Å². The van der Waals surface area contributed by atoms with Gasteiger partial charge in [-0.2, -0.15) is 13.2 Å². The SMILES string of the molecule is Cc1c(-c2cc(Br)cc(C(C)C)c2)[nH]c2ccc(C(F)(F)F)cc12. The van der Waals surface area contributed by atoms with Gasteiger partial charge in [0.05, 0.1) is 5.56 Å². The number of hydrogen-bond donors (Lipinski definition) is 1. The molecule has 0 saturated carbocycles. The maximum atomic E-state index is 13.0. The second-order valence-electron chi connectivity index (χ2n) is 6.31. The van der Waals surface area contributed by atoms with Crippen LogP contribution in [0.2, 0.25) is 0 Å². The molecule has 0 aliphatic rings. The third-order valence-electron chi connectivity index (χ3n) is 4.26. The van der Waals surface area contributed by atoms with Crippen LogP contribution in [0.5, 0.6) is 0 Å². The molecule has 1 nitrogen and oxygen atoms in total. The lowest BCUT2D eigenvalue weighted by Crippen LogP contribution is -2.04. The standard InChI is InChI=1S/C19H17BrF3N/c1-10(2)12-6-13(8-15(20)7-12)18-11(3)16-9-14(19(21,22)23)4-5-17(16)24-18/h4-10,24H,1-3H3. The zero-order valence-electron chi connectivity index (χ0n) is 13.6. The molecule has 0 bridgehead atoms. The van der Waals surface area contributed by atoms with Gasteiger partial charge in [0.15, 0.2) is 0 Å². The number of nitrogens with one attached hydrogen (secondary N) is 1. The fraction of sp³-hybridized carbons (Fsp3) is 0.263. The summed E-state index contributed by atoms with van der Waals surface area (Å²) in [7, 11) is 0. The van der Waals surface area contributed by atoms with E-state index in [9.17, 15) is 13.2 Å². The van der Waals surface area contributed by atoms with Crippen LogP contribution in [0.3, 0.4) is 0 Å². The lowest BCUT2D eigenvalue weighted by Gasteiger charge is -2.10. The predicted octanol–water partition coefficient (Wildman–Crippen LogP) is 7.05. The van der Waals surface area contributed by atoms with Gasteiger partial charge in [-0.3, -0.25) is 0 Å². The number of aromatic amines is 1. The highest BCUT2D eigenvalue weighted by atomic mass is 79.9. The maximum Gasteiger partial charge on any atom is 0.416 e. The highest BCUT2D eigenvalue weighted by Gasteiger charge is 2.30. The van der Waals surface area contributed by atoms with Crippen molar-refractivity contribution in [2.75, 3.05) is 0 Å². The van der Waals surface area contributed by atoms with Crippen molar-refractivity contribution in [1.29, 1.82) is 0 Å². The van der Waals surface area contributed by atoms with Gasteiger partial charge in [0, 0.05) is 21.1 Å². The Morgan fingerprint density at radius 1 is 1.04 bits per heavy atom. The predicted molar refractivity (Wildman–Crippen MR) is 95.3 cm³/mol. The Kier molecular flexibility index (Phi) is 4.24. The molecule has 1 aromatic heterocycles. The van der Waals surface area contributed by atoms with Crippen molar-refractivity contribution in [2.24, 2.45) is 0 Å². The van der Waals surface area contributed by atoms with Gasteiger partial charge < -0.3 is 4.98 Å². The molecule has 0 atom stereocenters. The van der Waals surface area contributed by atoms with Crippen LogP contribution < -0.4 is 0 Å². The summed E-state index contributed by atoms with van der Waals surface area (Å²) in [5.41, 5.74) is 3.91. The molecule has 0 unspecified atom stereocenters. The first-order chi connectivity index (χ1) is 11.2. The van der Waals surface area contributed by atoms with E-state index in [1.165, 1.54) is 17.7 Å². The van der Waals surface area contributed by atoms with Gasteiger partial charge in [-0.25, -0.2) is 0 Å². The van der Waals surface area contributed by atoms with Crippen LogP contribution in [-0.4, -0.2) is 4.98 Å². The van der Waals surface area contributed by atoms with Crippen molar-refractivity contribution in [1.82, 2.24) is 4.98 Å². The summed E-state index contributed by atoms with van der Waals surface area (Å²) >= 11 is 3.52. The molecule has 0 radical (unpaired) electrons. The van der Waals surface area contributed by atoms with Crippen molar-refractivity contribution in [3.63, 3.8) is 0 Å². The molecule has 0 spiro atoms. The molecule has 1 heterocycles. The Bertz CT molecular complexity index is 907. The molecule has 5 heteroatoms. The third kappa shape index (κ3) is 3.09. The number of aryl methyl sites for hydroxylation is 1. The lowest BCUT2D eigenvalue weighted by molar-refractivity contribution is -0.137. The van der Waals surface area contributed by atoms with Crippen LogP contribution in [0.25, 0.3) is 22.2 Å². The van der Waals surface area contributed by atoms with Crippen LogP contribution in [0.4, 0.5) is 13.2 Å². The third-order valence-corrected chi connectivity index (χ3v) is 4.72. The summed E-state index contributed by atoms with van der Waals surface area (Å²) in [5, 5.41) is 0.603. The Balaban J connectivity index is 2.19. The molecule has 1 N–H and O–H groups in total. The average Bonchev–Trinajstić information content (AvgIpc) is 2.82. The first-order valence-electron chi connectivity index (χ1n) is 7.67. The monoisotopic (exact) mass is 395 g/mol. The Morgan fingerprint density at radius 2 is 1.75 bits per heavy atom. The summed E-state index contributed by atoms with van der Waals surface area (Å²) in [5.74, 6) is 0.364. The van der Waals surface area contributed by atoms with E-state index >= 15 is 0 Å². The zero-order chi connectivity index (χ0) is 17.6. The molecule has 3 rings (SSSR count). The highest BCUT2D eigenvalue weighted by molar-refractivity contribution is 9.10. The number of fused-ring (bicyclic) bond motifs is 1. The van der Waals surface area contributed by atoms with E-state index < -0.39 is 11.7 Å². The molecule has 3 aromatic rings. The molecule has 24 heavy (non-hydrogen) atoms. The number of hydrogen-bond acceptors (Lipinski definition) is 0. The van der Waals surface area contributed by atoms with Crippen LogP contribution in [0.15, 0.2) is 40.9 Å². The number of alkyl halides is 3. The van der Waals surface area contributed by atoms with Crippen molar-refractivity contribution in [2.45, 2.75) is 32.9 Å². The summed E-state index contributed by atoms with van der Waals surface area (Å²) in [6.07, 6.45) is -4.33. The fourth-order valence-corrected chi connectivity index (χ4v) is 3.39. The molecule has 0 saturated heterocycles. The summed E-state index contributed by atoms with van der Waals surface area (Å²) in [6.45, 7) is 6.07. The molecule has 126 valence electrons. The van der Waals surface area contributed by atoms with E-state index in [-0.39, 0.29) is 0 Å². The van der Waals surface area contributed by atoms with Gasteiger partial charge in [0.1, 0.15) is 0 Å². The topological polar surface area (TPSA) is 15.8 Å². The smallest absolute Gasteiger partial charge is 0.354 e. The van der Waals surface area contributed by atoms with E-state index in [2.05, 4.69) is 46.9 Å². The quantitative estimate of drug-likeness (QED) is 0.478. The number of rotatable bonds is 2. The number of halogens is 4. The largest absolute Gasteiger partial charge is 0.416 e. The van der Waals surface area contributed by atoms with Gasteiger partial charge in [-0.15, -0.1) is 0 Å². The fourth-order valence-electron chi connectivity index (χ4n) is 2.88.